The van der Waals surface area contributed by atoms with E-state index in [2.05, 4.69) is 30.5 Å². The molecule has 1 aromatic carbocycles. The van der Waals surface area contributed by atoms with Crippen molar-refractivity contribution in [3.05, 3.63) is 47.6 Å². The highest BCUT2D eigenvalue weighted by molar-refractivity contribution is 5.80. The maximum atomic E-state index is 11.7. The van der Waals surface area contributed by atoms with Crippen LogP contribution in [0, 0.1) is 6.92 Å². The summed E-state index contributed by atoms with van der Waals surface area (Å²) >= 11 is 0. The molecule has 5 heteroatoms. The summed E-state index contributed by atoms with van der Waals surface area (Å²) in [6, 6.07) is 6.11. The highest BCUT2D eigenvalue weighted by atomic mass is 16.5. The van der Waals surface area contributed by atoms with Gasteiger partial charge in [0.25, 0.3) is 0 Å². The van der Waals surface area contributed by atoms with E-state index < -0.39 is 5.60 Å². The van der Waals surface area contributed by atoms with Crippen molar-refractivity contribution in [2.45, 2.75) is 52.6 Å². The van der Waals surface area contributed by atoms with Crippen molar-refractivity contribution < 1.29 is 19.4 Å². The number of esters is 1. The Hall–Kier alpha value is -2.11. The number of hydrogen-bond acceptors (Lipinski definition) is 5. The van der Waals surface area contributed by atoms with E-state index in [1.54, 1.807) is 6.92 Å². The summed E-state index contributed by atoms with van der Waals surface area (Å²) in [4.78, 5) is 13.9. The molecule has 1 aliphatic rings. The molecule has 0 aromatic heterocycles. The third-order valence-electron chi connectivity index (χ3n) is 5.39. The van der Waals surface area contributed by atoms with Crippen molar-refractivity contribution in [1.82, 2.24) is 4.90 Å². The van der Waals surface area contributed by atoms with Gasteiger partial charge in [-0.05, 0) is 63.3 Å². The van der Waals surface area contributed by atoms with Gasteiger partial charge in [-0.25, -0.2) is 0 Å². The van der Waals surface area contributed by atoms with Crippen LogP contribution in [0.3, 0.4) is 0 Å². The van der Waals surface area contributed by atoms with Crippen LogP contribution in [0.25, 0.3) is 5.57 Å². The average Bonchev–Trinajstić information content (AvgIpc) is 3.02. The van der Waals surface area contributed by atoms with Gasteiger partial charge in [0.15, 0.2) is 0 Å². The molecule has 0 radical (unpaired) electrons. The molecule has 0 spiro atoms. The van der Waals surface area contributed by atoms with E-state index in [4.69, 9.17) is 9.47 Å². The maximum Gasteiger partial charge on any atom is 0.308 e. The fourth-order valence-corrected chi connectivity index (χ4v) is 3.92. The lowest BCUT2D eigenvalue weighted by Crippen LogP contribution is -2.36. The summed E-state index contributed by atoms with van der Waals surface area (Å²) in [5, 5.41) is 10.6. The molecule has 1 atom stereocenters. The monoisotopic (exact) mass is 401 g/mol. The molecule has 1 unspecified atom stereocenters. The quantitative estimate of drug-likeness (QED) is 0.363. The summed E-state index contributed by atoms with van der Waals surface area (Å²) in [6.45, 7) is 15.0. The first kappa shape index (κ1) is 23.2. The van der Waals surface area contributed by atoms with Gasteiger partial charge in [0.1, 0.15) is 5.75 Å². The fourth-order valence-electron chi connectivity index (χ4n) is 3.92. The van der Waals surface area contributed by atoms with E-state index in [1.165, 1.54) is 0 Å². The zero-order valence-corrected chi connectivity index (χ0v) is 18.3. The molecule has 1 aromatic rings. The molecular formula is C24H35NO4. The number of carbonyl (C=O) groups excluding carboxylic acids is 1. The van der Waals surface area contributed by atoms with Crippen molar-refractivity contribution in [3.8, 4) is 5.75 Å². The smallest absolute Gasteiger partial charge is 0.308 e. The van der Waals surface area contributed by atoms with E-state index in [-0.39, 0.29) is 12.4 Å². The molecule has 160 valence electrons. The van der Waals surface area contributed by atoms with Crippen LogP contribution in [-0.2, 0) is 9.53 Å². The van der Waals surface area contributed by atoms with Crippen LogP contribution in [-0.4, -0.2) is 54.4 Å². The van der Waals surface area contributed by atoms with Crippen molar-refractivity contribution in [1.29, 1.82) is 0 Å². The highest BCUT2D eigenvalue weighted by Crippen LogP contribution is 2.30. The Morgan fingerprint density at radius 2 is 2.17 bits per heavy atom. The molecular weight excluding hydrogens is 366 g/mol. The molecule has 1 heterocycles. The highest BCUT2D eigenvalue weighted by Gasteiger charge is 2.38. The van der Waals surface area contributed by atoms with Crippen LogP contribution in [0.4, 0.5) is 0 Å². The number of nitrogens with zero attached hydrogens (tertiary/aromatic N) is 1. The second-order valence-electron chi connectivity index (χ2n) is 7.85. The minimum Gasteiger partial charge on any atom is -0.493 e. The Kier molecular flexibility index (Phi) is 8.47. The van der Waals surface area contributed by atoms with Crippen molar-refractivity contribution in [3.63, 3.8) is 0 Å². The first-order valence-electron chi connectivity index (χ1n) is 10.4. The van der Waals surface area contributed by atoms with E-state index in [0.717, 1.165) is 47.5 Å². The van der Waals surface area contributed by atoms with Gasteiger partial charge in [-0.3, -0.25) is 4.79 Å². The standard InChI is InChI=1S/C24H35NO4/c1-6-20(18(3)4)21-10-8-11-22(19(21)5)29-15-9-13-25-14-12-24(27,17-25)16-23(26)28-7-2/h6,8,10-11,27H,3,7,9,12-17H2,1-2,4-5H3/b20-6+. The average molecular weight is 402 g/mol. The molecule has 0 bridgehead atoms. The zero-order chi connectivity index (χ0) is 21.4. The largest absolute Gasteiger partial charge is 0.493 e. The van der Waals surface area contributed by atoms with E-state index in [1.807, 2.05) is 26.0 Å². The van der Waals surface area contributed by atoms with Crippen molar-refractivity contribution >= 4 is 11.5 Å². The van der Waals surface area contributed by atoms with E-state index in [0.29, 0.717) is 26.2 Å². The molecule has 1 N–H and O–H groups in total. The van der Waals surface area contributed by atoms with Gasteiger partial charge in [-0.15, -0.1) is 0 Å². The summed E-state index contributed by atoms with van der Waals surface area (Å²) in [5.74, 6) is 0.564. The second kappa shape index (κ2) is 10.6. The summed E-state index contributed by atoms with van der Waals surface area (Å²) in [5.41, 5.74) is 3.49. The Bertz CT molecular complexity index is 755. The number of carbonyl (C=O) groups is 1. The lowest BCUT2D eigenvalue weighted by atomic mass is 9.95. The van der Waals surface area contributed by atoms with E-state index in [9.17, 15) is 9.90 Å². The van der Waals surface area contributed by atoms with Crippen LogP contribution in [0.5, 0.6) is 5.75 Å². The molecule has 5 nitrogen and oxygen atoms in total. The van der Waals surface area contributed by atoms with Gasteiger partial charge >= 0.3 is 5.97 Å². The normalized spacial score (nSPS) is 20.0. The molecule has 2 rings (SSSR count). The van der Waals surface area contributed by atoms with Crippen LogP contribution < -0.4 is 4.74 Å². The van der Waals surface area contributed by atoms with Crippen LogP contribution in [0.1, 0.15) is 51.2 Å². The molecule has 0 amide bonds. The Labute approximate surface area is 175 Å². The van der Waals surface area contributed by atoms with Gasteiger partial charge in [-0.1, -0.05) is 30.4 Å². The maximum absolute atomic E-state index is 11.7. The number of hydrogen-bond donors (Lipinski definition) is 1. The zero-order valence-electron chi connectivity index (χ0n) is 18.3. The first-order valence-corrected chi connectivity index (χ1v) is 10.4. The van der Waals surface area contributed by atoms with Gasteiger partial charge in [0, 0.05) is 19.6 Å². The number of rotatable bonds is 10. The van der Waals surface area contributed by atoms with Crippen LogP contribution >= 0.6 is 0 Å². The number of aliphatic hydroxyl groups is 1. The fraction of sp³-hybridized carbons (Fsp3) is 0.542. The summed E-state index contributed by atoms with van der Waals surface area (Å²) in [7, 11) is 0. The minimum absolute atomic E-state index is 0.0653. The van der Waals surface area contributed by atoms with Gasteiger partial charge < -0.3 is 19.5 Å². The Morgan fingerprint density at radius 3 is 2.83 bits per heavy atom. The Balaban J connectivity index is 1.83. The molecule has 0 aliphatic carbocycles. The number of allylic oxidation sites excluding steroid dienone is 3. The summed E-state index contributed by atoms with van der Waals surface area (Å²) in [6.07, 6.45) is 3.60. The third-order valence-corrected chi connectivity index (χ3v) is 5.39. The molecule has 1 saturated heterocycles. The lowest BCUT2D eigenvalue weighted by Gasteiger charge is -2.22. The van der Waals surface area contributed by atoms with Crippen LogP contribution in [0.15, 0.2) is 36.4 Å². The third kappa shape index (κ3) is 6.44. The second-order valence-corrected chi connectivity index (χ2v) is 7.85. The van der Waals surface area contributed by atoms with E-state index >= 15 is 0 Å². The van der Waals surface area contributed by atoms with Crippen molar-refractivity contribution in [2.24, 2.45) is 0 Å². The van der Waals surface area contributed by atoms with Crippen molar-refractivity contribution in [2.75, 3.05) is 32.8 Å². The molecule has 1 fully saturated rings. The van der Waals surface area contributed by atoms with Gasteiger partial charge in [0.2, 0.25) is 0 Å². The Morgan fingerprint density at radius 1 is 1.41 bits per heavy atom. The molecule has 29 heavy (non-hydrogen) atoms. The number of β-amino-alcohol motifs (C(OH)–C–C–N with tert-alkyl or cyclic N) is 1. The SMILES string of the molecule is C=C(C)/C(=C\C)c1cccc(OCCCN2CCC(O)(CC(=O)OCC)C2)c1C. The lowest BCUT2D eigenvalue weighted by molar-refractivity contribution is -0.148. The minimum atomic E-state index is -0.969. The van der Waals surface area contributed by atoms with Crippen LogP contribution in [0.2, 0.25) is 0 Å². The molecule has 0 saturated carbocycles. The molecule has 1 aliphatic heterocycles. The predicted molar refractivity (Wildman–Crippen MR) is 117 cm³/mol. The van der Waals surface area contributed by atoms with Gasteiger partial charge in [0.05, 0.1) is 25.2 Å². The van der Waals surface area contributed by atoms with Gasteiger partial charge in [-0.2, -0.15) is 0 Å². The number of likely N-dealkylation sites (tertiary alicyclic amines) is 1. The number of benzene rings is 1. The predicted octanol–water partition coefficient (Wildman–Crippen LogP) is 4.13. The summed E-state index contributed by atoms with van der Waals surface area (Å²) < 4.78 is 11.0. The first-order chi connectivity index (χ1) is 13.8. The topological polar surface area (TPSA) is 59.0 Å². The number of ether oxygens (including phenoxy) is 2.